The van der Waals surface area contributed by atoms with Crippen LogP contribution in [0.3, 0.4) is 0 Å². The molecule has 0 N–H and O–H groups in total. The van der Waals surface area contributed by atoms with E-state index >= 15 is 0 Å². The maximum atomic E-state index is 13.3. The molecule has 2 aromatic carbocycles. The number of fused-ring (bicyclic) bond motifs is 1. The van der Waals surface area contributed by atoms with Crippen molar-refractivity contribution >= 4 is 11.6 Å². The maximum Gasteiger partial charge on any atom is 0.204 e. The van der Waals surface area contributed by atoms with Gasteiger partial charge in [0.25, 0.3) is 0 Å². The summed E-state index contributed by atoms with van der Waals surface area (Å²) in [4.78, 5) is 26.5. The average Bonchev–Trinajstić information content (AvgIpc) is 3.00. The third-order valence-electron chi connectivity index (χ3n) is 4.89. The van der Waals surface area contributed by atoms with Crippen LogP contribution in [-0.4, -0.2) is 54.2 Å². The van der Waals surface area contributed by atoms with Crippen LogP contribution < -0.4 is 28.4 Å². The minimum atomic E-state index is -1.08. The van der Waals surface area contributed by atoms with E-state index in [2.05, 4.69) is 0 Å². The Hall–Kier alpha value is -3.42. The predicted molar refractivity (Wildman–Crippen MR) is 104 cm³/mol. The highest BCUT2D eigenvalue weighted by Crippen LogP contribution is 2.49. The van der Waals surface area contributed by atoms with Gasteiger partial charge < -0.3 is 28.4 Å². The minimum absolute atomic E-state index is 0.161. The molecule has 8 nitrogen and oxygen atoms in total. The summed E-state index contributed by atoms with van der Waals surface area (Å²) in [7, 11) is 8.69. The van der Waals surface area contributed by atoms with E-state index in [1.165, 1.54) is 48.7 Å². The zero-order valence-electron chi connectivity index (χ0n) is 17.1. The molecule has 0 radical (unpaired) electrons. The molecule has 0 amide bonds. The summed E-state index contributed by atoms with van der Waals surface area (Å²) >= 11 is 0. The SMILES string of the molecule is COc1cc([C@@H]2C(=O)c3cc(OC)c(OC)c(OC)c3C2=O)cc(OC)c1OC. The van der Waals surface area contributed by atoms with E-state index in [0.717, 1.165) is 0 Å². The second-order valence-corrected chi connectivity index (χ2v) is 6.19. The molecule has 0 spiro atoms. The Morgan fingerprint density at radius 1 is 0.586 bits per heavy atom. The fraction of sp³-hybridized carbons (Fsp3) is 0.333. The fourth-order valence-electron chi connectivity index (χ4n) is 3.58. The highest BCUT2D eigenvalue weighted by molar-refractivity contribution is 6.31. The number of hydrogen-bond donors (Lipinski definition) is 0. The van der Waals surface area contributed by atoms with E-state index in [-0.39, 0.29) is 28.4 Å². The van der Waals surface area contributed by atoms with Crippen LogP contribution in [-0.2, 0) is 0 Å². The Kier molecular flexibility index (Phi) is 5.54. The molecule has 0 saturated heterocycles. The van der Waals surface area contributed by atoms with Crippen molar-refractivity contribution in [2.45, 2.75) is 5.92 Å². The molecule has 0 bridgehead atoms. The van der Waals surface area contributed by atoms with Crippen LogP contribution in [0.15, 0.2) is 18.2 Å². The number of Topliss-reactive ketones (excluding diaryl/α,β-unsaturated/α-hetero) is 2. The van der Waals surface area contributed by atoms with Crippen molar-refractivity contribution in [2.75, 3.05) is 42.7 Å². The minimum Gasteiger partial charge on any atom is -0.493 e. The summed E-state index contributed by atoms with van der Waals surface area (Å²) in [5.74, 6) is -0.0819. The lowest BCUT2D eigenvalue weighted by Crippen LogP contribution is -2.13. The van der Waals surface area contributed by atoms with Gasteiger partial charge in [-0.1, -0.05) is 0 Å². The van der Waals surface area contributed by atoms with Crippen molar-refractivity contribution in [1.29, 1.82) is 0 Å². The first-order valence-corrected chi connectivity index (χ1v) is 8.68. The zero-order valence-corrected chi connectivity index (χ0v) is 17.1. The summed E-state index contributed by atoms with van der Waals surface area (Å²) in [6.07, 6.45) is 0. The third-order valence-corrected chi connectivity index (χ3v) is 4.89. The Labute approximate surface area is 168 Å². The summed E-state index contributed by atoms with van der Waals surface area (Å²) in [5.41, 5.74) is 0.794. The first kappa shape index (κ1) is 20.3. The van der Waals surface area contributed by atoms with Gasteiger partial charge in [0, 0.05) is 5.56 Å². The molecule has 1 aliphatic carbocycles. The van der Waals surface area contributed by atoms with Gasteiger partial charge >= 0.3 is 0 Å². The monoisotopic (exact) mass is 402 g/mol. The summed E-state index contributed by atoms with van der Waals surface area (Å²) in [6, 6.07) is 4.68. The summed E-state index contributed by atoms with van der Waals surface area (Å²) in [5, 5.41) is 0. The molecular formula is C21H22O8. The van der Waals surface area contributed by atoms with Gasteiger partial charge in [-0.05, 0) is 23.8 Å². The first-order chi connectivity index (χ1) is 14.0. The van der Waals surface area contributed by atoms with E-state index in [0.29, 0.717) is 28.6 Å². The van der Waals surface area contributed by atoms with Crippen LogP contribution in [0.1, 0.15) is 32.2 Å². The van der Waals surface area contributed by atoms with Gasteiger partial charge in [0.05, 0.1) is 48.2 Å². The molecule has 0 unspecified atom stereocenters. The molecule has 1 atom stereocenters. The Balaban J connectivity index is 2.22. The quantitative estimate of drug-likeness (QED) is 0.653. The molecule has 0 saturated carbocycles. The number of ether oxygens (including phenoxy) is 6. The van der Waals surface area contributed by atoms with E-state index in [1.807, 2.05) is 0 Å². The molecule has 154 valence electrons. The number of methoxy groups -OCH3 is 6. The fourth-order valence-corrected chi connectivity index (χ4v) is 3.58. The topological polar surface area (TPSA) is 89.5 Å². The number of carbonyl (C=O) groups is 2. The van der Waals surface area contributed by atoms with Gasteiger partial charge in [-0.25, -0.2) is 0 Å². The third kappa shape index (κ3) is 3.00. The van der Waals surface area contributed by atoms with Crippen LogP contribution in [0.25, 0.3) is 0 Å². The lowest BCUT2D eigenvalue weighted by atomic mass is 9.93. The van der Waals surface area contributed by atoms with E-state index in [9.17, 15) is 9.59 Å². The smallest absolute Gasteiger partial charge is 0.204 e. The van der Waals surface area contributed by atoms with Crippen molar-refractivity contribution in [3.8, 4) is 34.5 Å². The maximum absolute atomic E-state index is 13.3. The van der Waals surface area contributed by atoms with Crippen LogP contribution in [0.4, 0.5) is 0 Å². The van der Waals surface area contributed by atoms with Gasteiger partial charge in [0.2, 0.25) is 11.5 Å². The Bertz CT molecular complexity index is 954. The molecule has 0 fully saturated rings. The largest absolute Gasteiger partial charge is 0.493 e. The van der Waals surface area contributed by atoms with Crippen molar-refractivity contribution in [3.05, 3.63) is 34.9 Å². The van der Waals surface area contributed by atoms with Gasteiger partial charge in [0.1, 0.15) is 5.92 Å². The van der Waals surface area contributed by atoms with Crippen molar-refractivity contribution < 1.29 is 38.0 Å². The molecule has 29 heavy (non-hydrogen) atoms. The zero-order chi connectivity index (χ0) is 21.3. The van der Waals surface area contributed by atoms with E-state index in [4.69, 9.17) is 28.4 Å². The molecule has 2 aromatic rings. The van der Waals surface area contributed by atoms with Crippen molar-refractivity contribution in [3.63, 3.8) is 0 Å². The highest BCUT2D eigenvalue weighted by atomic mass is 16.5. The molecule has 0 aliphatic heterocycles. The Morgan fingerprint density at radius 2 is 1.07 bits per heavy atom. The van der Waals surface area contributed by atoms with Crippen LogP contribution in [0.5, 0.6) is 34.5 Å². The number of ketones is 2. The molecule has 3 rings (SSSR count). The second kappa shape index (κ2) is 7.90. The number of hydrogen-bond acceptors (Lipinski definition) is 8. The molecule has 0 aromatic heterocycles. The van der Waals surface area contributed by atoms with Gasteiger partial charge in [-0.3, -0.25) is 9.59 Å². The van der Waals surface area contributed by atoms with Gasteiger partial charge in [-0.15, -0.1) is 0 Å². The van der Waals surface area contributed by atoms with Crippen LogP contribution in [0, 0.1) is 0 Å². The van der Waals surface area contributed by atoms with Crippen molar-refractivity contribution in [1.82, 2.24) is 0 Å². The standard InChI is InChI=1S/C21H22O8/c1-24-12-7-10(8-13(25-2)19(12)27-4)15-17(22)11-9-14(26-3)20(28-5)21(29-6)16(11)18(15)23/h7-9,15H,1-6H3/t15-/m1/s1. The van der Waals surface area contributed by atoms with Gasteiger partial charge in [-0.2, -0.15) is 0 Å². The molecule has 0 heterocycles. The lowest BCUT2D eigenvalue weighted by Gasteiger charge is -2.16. The van der Waals surface area contributed by atoms with Crippen molar-refractivity contribution in [2.24, 2.45) is 0 Å². The normalized spacial score (nSPS) is 15.0. The van der Waals surface area contributed by atoms with Crippen LogP contribution in [0.2, 0.25) is 0 Å². The molecular weight excluding hydrogens is 380 g/mol. The van der Waals surface area contributed by atoms with Gasteiger partial charge in [0.15, 0.2) is 34.6 Å². The highest BCUT2D eigenvalue weighted by Gasteiger charge is 2.44. The molecule has 8 heteroatoms. The Morgan fingerprint density at radius 3 is 1.52 bits per heavy atom. The van der Waals surface area contributed by atoms with Crippen LogP contribution >= 0.6 is 0 Å². The summed E-state index contributed by atoms with van der Waals surface area (Å²) in [6.45, 7) is 0. The number of rotatable bonds is 7. The second-order valence-electron chi connectivity index (χ2n) is 6.19. The first-order valence-electron chi connectivity index (χ1n) is 8.68. The number of benzene rings is 2. The number of carbonyl (C=O) groups excluding carboxylic acids is 2. The average molecular weight is 402 g/mol. The molecule has 1 aliphatic rings. The van der Waals surface area contributed by atoms with E-state index < -0.39 is 11.7 Å². The predicted octanol–water partition coefficient (Wildman–Crippen LogP) is 2.90. The lowest BCUT2D eigenvalue weighted by molar-refractivity contribution is 0.0889. The summed E-state index contributed by atoms with van der Waals surface area (Å²) < 4.78 is 32.1. The van der Waals surface area contributed by atoms with E-state index in [1.54, 1.807) is 12.1 Å².